The molecule has 0 saturated carbocycles. The Bertz CT molecular complexity index is 473. The number of carbonyl (C=O) groups is 2. The molecule has 0 aliphatic carbocycles. The van der Waals surface area contributed by atoms with Crippen molar-refractivity contribution in [1.82, 2.24) is 10.2 Å². The van der Waals surface area contributed by atoms with Crippen molar-refractivity contribution in [2.24, 2.45) is 0 Å². The van der Waals surface area contributed by atoms with Crippen LogP contribution in [0.1, 0.15) is 38.5 Å². The van der Waals surface area contributed by atoms with E-state index < -0.39 is 22.3 Å². The first-order valence-electron chi connectivity index (χ1n) is 8.67. The molecule has 0 aromatic heterocycles. The highest BCUT2D eigenvalue weighted by Gasteiger charge is 2.34. The normalized spacial score (nSPS) is 15.9. The Morgan fingerprint density at radius 2 is 1.59 bits per heavy atom. The van der Waals surface area contributed by atoms with Crippen molar-refractivity contribution in [1.29, 1.82) is 0 Å². The highest BCUT2D eigenvalue weighted by atomic mass is 17.0. The largest absolute Gasteiger partial charge is 0.449 e. The monoisotopic (exact) mass is 392 g/mol. The fourth-order valence-electron chi connectivity index (χ4n) is 2.54. The van der Waals surface area contributed by atoms with Crippen molar-refractivity contribution < 1.29 is 34.2 Å². The van der Waals surface area contributed by atoms with Crippen LogP contribution >= 0.6 is 0 Å². The first-order chi connectivity index (χ1) is 12.9. The van der Waals surface area contributed by atoms with Gasteiger partial charge < -0.3 is 19.7 Å². The van der Waals surface area contributed by atoms with E-state index in [2.05, 4.69) is 15.0 Å². The van der Waals surface area contributed by atoms with Crippen LogP contribution < -0.4 is 5.32 Å². The fraction of sp³-hybridized carbons (Fsp3) is 0.857. The van der Waals surface area contributed by atoms with Crippen LogP contribution in [0.2, 0.25) is 0 Å². The van der Waals surface area contributed by atoms with Crippen molar-refractivity contribution >= 4 is 12.0 Å². The van der Waals surface area contributed by atoms with E-state index in [0.717, 1.165) is 0 Å². The molecule has 1 heterocycles. The zero-order valence-corrected chi connectivity index (χ0v) is 14.9. The molecule has 27 heavy (non-hydrogen) atoms. The van der Waals surface area contributed by atoms with E-state index in [9.17, 15) is 29.8 Å². The van der Waals surface area contributed by atoms with Crippen molar-refractivity contribution in [3.8, 4) is 0 Å². The van der Waals surface area contributed by atoms with Gasteiger partial charge in [0, 0.05) is 13.1 Å². The van der Waals surface area contributed by atoms with Gasteiger partial charge in [-0.2, -0.15) is 0 Å². The molecule has 1 unspecified atom stereocenters. The molecule has 13 heteroatoms. The number of unbranched alkanes of at least 4 members (excludes halogenated alkanes) is 2. The second-order valence-electron chi connectivity index (χ2n) is 5.78. The van der Waals surface area contributed by atoms with E-state index in [1.165, 1.54) is 4.90 Å². The minimum absolute atomic E-state index is 0.0303. The van der Waals surface area contributed by atoms with Gasteiger partial charge in [0.2, 0.25) is 5.91 Å². The van der Waals surface area contributed by atoms with E-state index in [1.54, 1.807) is 0 Å². The maximum absolute atomic E-state index is 12.2. The van der Waals surface area contributed by atoms with Gasteiger partial charge >= 0.3 is 6.09 Å². The Balaban J connectivity index is 2.20. The van der Waals surface area contributed by atoms with Gasteiger partial charge in [0.05, 0.1) is 19.8 Å². The van der Waals surface area contributed by atoms with Crippen LogP contribution in [-0.2, 0) is 19.2 Å². The quantitative estimate of drug-likeness (QED) is 0.269. The summed E-state index contributed by atoms with van der Waals surface area (Å²) < 4.78 is 5.09. The Kier molecular flexibility index (Phi) is 10.3. The van der Waals surface area contributed by atoms with E-state index in [1.807, 2.05) is 0 Å². The third-order valence-electron chi connectivity index (χ3n) is 3.82. The average Bonchev–Trinajstić information content (AvgIpc) is 3.10. The van der Waals surface area contributed by atoms with Gasteiger partial charge in [-0.25, -0.2) is 4.79 Å². The zero-order chi connectivity index (χ0) is 20.1. The topological polar surface area (TPSA) is 163 Å². The molecule has 154 valence electrons. The number of hydrogen-bond acceptors (Lipinski definition) is 9. The molecular formula is C14H24N4O9. The lowest BCUT2D eigenvalue weighted by atomic mass is 10.2. The maximum atomic E-state index is 12.2. The SMILES string of the molecule is O=C(NCCCCO[N+](=O)[O-])C1CCCN1C(=O)OCCCCO[N+](=O)[O-]. The van der Waals surface area contributed by atoms with Gasteiger partial charge in [0.1, 0.15) is 6.04 Å². The number of likely N-dealkylation sites (tertiary alicyclic amines) is 1. The number of nitrogens with zero attached hydrogens (tertiary/aromatic N) is 3. The molecule has 2 amide bonds. The Hall–Kier alpha value is -2.86. The third kappa shape index (κ3) is 9.42. The summed E-state index contributed by atoms with van der Waals surface area (Å²) in [7, 11) is 0. The van der Waals surface area contributed by atoms with Gasteiger partial charge in [-0.15, -0.1) is 20.2 Å². The molecule has 0 radical (unpaired) electrons. The molecule has 13 nitrogen and oxygen atoms in total. The van der Waals surface area contributed by atoms with Crippen molar-refractivity contribution in [3.05, 3.63) is 20.2 Å². The van der Waals surface area contributed by atoms with E-state index in [4.69, 9.17) is 4.74 Å². The van der Waals surface area contributed by atoms with Crippen LogP contribution in [0, 0.1) is 20.2 Å². The van der Waals surface area contributed by atoms with Crippen molar-refractivity contribution in [2.45, 2.75) is 44.6 Å². The van der Waals surface area contributed by atoms with Gasteiger partial charge in [0.15, 0.2) is 0 Å². The van der Waals surface area contributed by atoms with E-state index >= 15 is 0 Å². The van der Waals surface area contributed by atoms with Crippen LogP contribution in [0.4, 0.5) is 4.79 Å². The van der Waals surface area contributed by atoms with E-state index in [-0.39, 0.29) is 25.7 Å². The van der Waals surface area contributed by atoms with Crippen molar-refractivity contribution in [2.75, 3.05) is 32.9 Å². The molecule has 1 atom stereocenters. The number of hydrogen-bond donors (Lipinski definition) is 1. The molecule has 1 fully saturated rings. The molecule has 0 spiro atoms. The first-order valence-corrected chi connectivity index (χ1v) is 8.67. The number of rotatable bonds is 13. The lowest BCUT2D eigenvalue weighted by molar-refractivity contribution is -0.757. The average molecular weight is 392 g/mol. The highest BCUT2D eigenvalue weighted by Crippen LogP contribution is 2.18. The van der Waals surface area contributed by atoms with Gasteiger partial charge in [-0.1, -0.05) is 0 Å². The number of ether oxygens (including phenoxy) is 1. The van der Waals surface area contributed by atoms with Crippen LogP contribution in [-0.4, -0.2) is 66.0 Å². The Labute approximate surface area is 155 Å². The molecule has 1 saturated heterocycles. The number of amides is 2. The fourth-order valence-corrected chi connectivity index (χ4v) is 2.54. The van der Waals surface area contributed by atoms with Crippen LogP contribution in [0.25, 0.3) is 0 Å². The van der Waals surface area contributed by atoms with Crippen LogP contribution in [0.15, 0.2) is 0 Å². The predicted molar refractivity (Wildman–Crippen MR) is 88.4 cm³/mol. The summed E-state index contributed by atoms with van der Waals surface area (Å²) >= 11 is 0. The minimum atomic E-state index is -0.880. The van der Waals surface area contributed by atoms with Gasteiger partial charge in [0.25, 0.3) is 10.2 Å². The summed E-state index contributed by atoms with van der Waals surface area (Å²) in [5.74, 6) is -0.293. The Morgan fingerprint density at radius 3 is 2.22 bits per heavy atom. The van der Waals surface area contributed by atoms with Crippen molar-refractivity contribution in [3.63, 3.8) is 0 Å². The Morgan fingerprint density at radius 1 is 1.00 bits per heavy atom. The number of nitrogens with one attached hydrogen (secondary N) is 1. The molecule has 0 aromatic rings. The van der Waals surface area contributed by atoms with Crippen LogP contribution in [0.5, 0.6) is 0 Å². The minimum Gasteiger partial charge on any atom is -0.449 e. The van der Waals surface area contributed by atoms with Gasteiger partial charge in [-0.3, -0.25) is 9.69 Å². The molecule has 0 bridgehead atoms. The lowest BCUT2D eigenvalue weighted by Crippen LogP contribution is -2.46. The predicted octanol–water partition coefficient (Wildman–Crippen LogP) is 0.681. The second-order valence-corrected chi connectivity index (χ2v) is 5.78. The maximum Gasteiger partial charge on any atom is 0.410 e. The summed E-state index contributed by atoms with van der Waals surface area (Å²) in [5.41, 5.74) is 0. The standard InChI is InChI=1S/C14H24N4O9/c19-13(15-7-1-2-10-26-17(21)22)12-6-5-8-16(12)14(20)25-9-3-4-11-27-18(23)24/h12H,1-11H2,(H,15,19). The number of carbonyl (C=O) groups excluding carboxylic acids is 2. The molecular weight excluding hydrogens is 368 g/mol. The summed E-state index contributed by atoms with van der Waals surface area (Å²) in [5, 5.41) is 20.9. The smallest absolute Gasteiger partial charge is 0.410 e. The van der Waals surface area contributed by atoms with Gasteiger partial charge in [-0.05, 0) is 38.5 Å². The second kappa shape index (κ2) is 12.5. The first kappa shape index (κ1) is 22.2. The summed E-state index contributed by atoms with van der Waals surface area (Å²) in [6.45, 7) is 0.735. The third-order valence-corrected chi connectivity index (χ3v) is 3.82. The zero-order valence-electron chi connectivity index (χ0n) is 14.9. The van der Waals surface area contributed by atoms with E-state index in [0.29, 0.717) is 51.6 Å². The summed E-state index contributed by atoms with van der Waals surface area (Å²) in [6, 6.07) is -0.606. The molecule has 1 N–H and O–H groups in total. The molecule has 1 aliphatic rings. The highest BCUT2D eigenvalue weighted by molar-refractivity contribution is 5.86. The summed E-state index contributed by atoms with van der Waals surface area (Å²) in [4.78, 5) is 53.9. The molecule has 1 rings (SSSR count). The molecule has 1 aliphatic heterocycles. The summed E-state index contributed by atoms with van der Waals surface area (Å²) in [6.07, 6.45) is 2.35. The molecule has 0 aromatic carbocycles. The lowest BCUT2D eigenvalue weighted by Gasteiger charge is -2.23. The van der Waals surface area contributed by atoms with Crippen LogP contribution in [0.3, 0.4) is 0 Å².